The third kappa shape index (κ3) is 42.8. The number of nitrogens with zero attached hydrogens (tertiary/aromatic N) is 1. The summed E-state index contributed by atoms with van der Waals surface area (Å²) in [6.45, 7) is 0. The zero-order chi connectivity index (χ0) is 2.71. The van der Waals surface area contributed by atoms with Crippen molar-refractivity contribution in [1.29, 1.82) is 0 Å². The maximum atomic E-state index is 8.24. The summed E-state index contributed by atoms with van der Waals surface area (Å²) in [5.41, 5.74) is 0. The van der Waals surface area contributed by atoms with Crippen molar-refractivity contribution in [3.05, 3.63) is 5.41 Å². The van der Waals surface area contributed by atoms with E-state index in [1.54, 1.807) is 0 Å². The minimum Gasteiger partial charge on any atom is -0.724 e. The number of hydrogen-bond donors (Lipinski definition) is 0. The topological polar surface area (TPSA) is 39.4 Å². The van der Waals surface area contributed by atoms with Gasteiger partial charge in [-0.15, -0.1) is 0 Å². The van der Waals surface area contributed by atoms with Gasteiger partial charge in [-0.2, -0.15) is 0 Å². The summed E-state index contributed by atoms with van der Waals surface area (Å²) in [6.07, 6.45) is 0.500. The molecule has 0 atom stereocenters. The molecule has 0 aliphatic rings. The zero-order valence-corrected chi connectivity index (χ0v) is 6.42. The summed E-state index contributed by atoms with van der Waals surface area (Å²) in [4.78, 5) is 8.24. The molecule has 0 N–H and O–H groups in total. The third-order valence-electron chi connectivity index (χ3n) is 0. The van der Waals surface area contributed by atoms with E-state index in [4.69, 9.17) is 10.2 Å². The Morgan fingerprint density at radius 2 is 1.75 bits per heavy atom. The Morgan fingerprint density at radius 1 is 1.75 bits per heavy atom. The van der Waals surface area contributed by atoms with Crippen LogP contribution in [0, 0.1) is 0 Å². The molecule has 0 aliphatic heterocycles. The zero-order valence-electron chi connectivity index (χ0n) is 1.93. The molecule has 0 radical (unpaired) electrons. The standard InChI is InChI=1S/CNO.Tl/c2-1-3;/q-1;+1. The molecule has 0 spiro atoms. The van der Waals surface area contributed by atoms with Crippen LogP contribution in [0.25, 0.3) is 5.41 Å². The number of isocyanates is 1. The second kappa shape index (κ2) is 10.3. The minimum atomic E-state index is 0. The molecule has 4 heavy (non-hydrogen) atoms. The van der Waals surface area contributed by atoms with Crippen LogP contribution < -0.4 is 0 Å². The fourth-order valence-electron chi connectivity index (χ4n) is 0. The Bertz CT molecular complexity index is 29.0. The Labute approximate surface area is 43.9 Å². The molecule has 0 heterocycles. The Kier molecular flexibility index (Phi) is 22.8. The predicted molar refractivity (Wildman–Crippen MR) is 14.8 cm³/mol. The molecule has 0 rings (SSSR count). The molecular weight excluding hydrogens is 246 g/mol. The second-order valence-corrected chi connectivity index (χ2v) is 0.0913. The largest absolute Gasteiger partial charge is 1.00 e. The van der Waals surface area contributed by atoms with E-state index >= 15 is 0 Å². The smallest absolute Gasteiger partial charge is 0.724 e. The van der Waals surface area contributed by atoms with Gasteiger partial charge in [-0.3, -0.25) is 4.79 Å². The fourth-order valence-corrected chi connectivity index (χ4v) is 0. The van der Waals surface area contributed by atoms with Crippen molar-refractivity contribution in [3.8, 4) is 0 Å². The normalized spacial score (nSPS) is 2.00. The first kappa shape index (κ1) is 8.85. The van der Waals surface area contributed by atoms with Crippen molar-refractivity contribution in [2.45, 2.75) is 0 Å². The molecule has 18 valence electrons. The maximum absolute atomic E-state index is 8.24. The van der Waals surface area contributed by atoms with E-state index < -0.39 is 0 Å². The Morgan fingerprint density at radius 3 is 1.75 bits per heavy atom. The molecule has 0 aromatic heterocycles. The first-order chi connectivity index (χ1) is 1.41. The summed E-state index contributed by atoms with van der Waals surface area (Å²) in [5, 5.41) is 6.76. The Hall–Kier alpha value is 0.302. The quantitative estimate of drug-likeness (QED) is 0.323. The SMILES string of the molecule is [N-]=C=O.[Tl+]. The van der Waals surface area contributed by atoms with Crippen LogP contribution in [0.4, 0.5) is 0 Å². The van der Waals surface area contributed by atoms with Gasteiger partial charge in [-0.05, 0) is 6.08 Å². The van der Waals surface area contributed by atoms with Gasteiger partial charge in [0.2, 0.25) is 0 Å². The molecule has 0 saturated carbocycles. The number of hydrogen-bond acceptors (Lipinski definition) is 1. The van der Waals surface area contributed by atoms with E-state index in [1.807, 2.05) is 0 Å². The third-order valence-corrected chi connectivity index (χ3v) is 0. The summed E-state index contributed by atoms with van der Waals surface area (Å²) < 4.78 is 0. The van der Waals surface area contributed by atoms with Crippen LogP contribution >= 0.6 is 0 Å². The average molecular weight is 246 g/mol. The summed E-state index contributed by atoms with van der Waals surface area (Å²) >= 11 is 0. The van der Waals surface area contributed by atoms with E-state index in [9.17, 15) is 0 Å². The Balaban J connectivity index is 0. The molecule has 0 aliphatic carbocycles. The van der Waals surface area contributed by atoms with E-state index in [1.165, 1.54) is 0 Å². The molecule has 0 aromatic rings. The van der Waals surface area contributed by atoms with E-state index in [2.05, 4.69) is 0 Å². The van der Waals surface area contributed by atoms with Gasteiger partial charge >= 0.3 is 27.3 Å². The molecule has 2 nitrogen and oxygen atoms in total. The molecule has 0 unspecified atom stereocenters. The average Bonchev–Trinajstić information content (AvgIpc) is 0.918. The van der Waals surface area contributed by atoms with Gasteiger partial charge in [-0.1, -0.05) is 0 Å². The number of rotatable bonds is 0. The van der Waals surface area contributed by atoms with Gasteiger partial charge in [0.15, 0.2) is 0 Å². The molecule has 3 heteroatoms. The monoisotopic (exact) mass is 247 g/mol. The fraction of sp³-hybridized carbons (Fsp3) is 0. The molecule has 0 fully saturated rings. The molecule has 0 saturated heterocycles. The van der Waals surface area contributed by atoms with E-state index in [0.717, 1.165) is 0 Å². The molecule has 0 aromatic carbocycles. The van der Waals surface area contributed by atoms with Crippen LogP contribution in [0.3, 0.4) is 0 Å². The first-order valence-corrected chi connectivity index (χ1v) is 0.428. The second-order valence-electron chi connectivity index (χ2n) is 0.0913. The van der Waals surface area contributed by atoms with Gasteiger partial charge in [0.05, 0.1) is 0 Å². The van der Waals surface area contributed by atoms with E-state index in [-0.39, 0.29) is 27.3 Å². The summed E-state index contributed by atoms with van der Waals surface area (Å²) in [7, 11) is 0. The van der Waals surface area contributed by atoms with Crippen LogP contribution in [-0.2, 0) is 4.79 Å². The first-order valence-electron chi connectivity index (χ1n) is 0.428. The van der Waals surface area contributed by atoms with Crippen molar-refractivity contribution in [2.75, 3.05) is 0 Å². The van der Waals surface area contributed by atoms with Crippen LogP contribution in [0.15, 0.2) is 0 Å². The molecular formula is CNOTl. The van der Waals surface area contributed by atoms with Crippen molar-refractivity contribution in [1.82, 2.24) is 0 Å². The van der Waals surface area contributed by atoms with Gasteiger partial charge in [0.1, 0.15) is 0 Å². The van der Waals surface area contributed by atoms with Gasteiger partial charge in [0, 0.05) is 0 Å². The van der Waals surface area contributed by atoms with Crippen molar-refractivity contribution in [3.63, 3.8) is 0 Å². The maximum Gasteiger partial charge on any atom is 1.00 e. The van der Waals surface area contributed by atoms with Crippen LogP contribution in [-0.4, -0.2) is 33.4 Å². The van der Waals surface area contributed by atoms with Crippen LogP contribution in [0.5, 0.6) is 0 Å². The predicted octanol–water partition coefficient (Wildman–Crippen LogP) is -0.489. The minimum absolute atomic E-state index is 0. The van der Waals surface area contributed by atoms with Crippen molar-refractivity contribution in [2.24, 2.45) is 0 Å². The summed E-state index contributed by atoms with van der Waals surface area (Å²) in [5.74, 6) is 0. The van der Waals surface area contributed by atoms with Crippen molar-refractivity contribution >= 4 is 33.4 Å². The number of carbonyl (C=O) groups excluding carboxylic acids is 1. The molecule has 0 amide bonds. The van der Waals surface area contributed by atoms with Crippen LogP contribution in [0.1, 0.15) is 0 Å². The summed E-state index contributed by atoms with van der Waals surface area (Å²) in [6, 6.07) is 0. The van der Waals surface area contributed by atoms with Crippen LogP contribution in [0.2, 0.25) is 0 Å². The van der Waals surface area contributed by atoms with Gasteiger partial charge in [-0.25, -0.2) is 0 Å². The van der Waals surface area contributed by atoms with E-state index in [0.29, 0.717) is 6.08 Å². The van der Waals surface area contributed by atoms with Crippen molar-refractivity contribution < 1.29 is 4.79 Å². The molecule has 0 bridgehead atoms. The van der Waals surface area contributed by atoms with Gasteiger partial charge in [0.25, 0.3) is 0 Å². The van der Waals surface area contributed by atoms with Gasteiger partial charge < -0.3 is 5.41 Å².